The quantitative estimate of drug-likeness (QED) is 0.273. The first-order chi connectivity index (χ1) is 28.9. The molecule has 1 aromatic heterocycles. The predicted octanol–water partition coefficient (Wildman–Crippen LogP) is 2.92. The molecule has 318 valence electrons. The molecular weight excluding hydrogens is 771 g/mol. The van der Waals surface area contributed by atoms with E-state index in [1.807, 2.05) is 18.3 Å². The Labute approximate surface area is 348 Å². The van der Waals surface area contributed by atoms with Crippen LogP contribution in [0.1, 0.15) is 75.9 Å². The van der Waals surface area contributed by atoms with Gasteiger partial charge in [-0.15, -0.1) is 0 Å². The Bertz CT molecular complexity index is 2270. The topological polar surface area (TPSA) is 172 Å². The first kappa shape index (κ1) is 41.0. The number of aromatic nitrogens is 1. The molecule has 16 heteroatoms. The monoisotopic (exact) mass is 823 g/mol. The second-order valence-electron chi connectivity index (χ2n) is 16.7. The maximum Gasteiger partial charge on any atom is 0.317 e. The summed E-state index contributed by atoms with van der Waals surface area (Å²) in [6.45, 7) is 4.33. The van der Waals surface area contributed by atoms with E-state index in [9.17, 15) is 28.8 Å². The van der Waals surface area contributed by atoms with Gasteiger partial charge in [-0.2, -0.15) is 0 Å². The number of rotatable bonds is 11. The number of likely N-dealkylation sites (tertiary alicyclic amines) is 1. The van der Waals surface area contributed by atoms with Crippen molar-refractivity contribution in [2.45, 2.75) is 76.2 Å². The molecule has 1 saturated carbocycles. The summed E-state index contributed by atoms with van der Waals surface area (Å²) in [4.78, 5) is 83.4. The maximum atomic E-state index is 13.2. The van der Waals surface area contributed by atoms with Crippen molar-refractivity contribution in [3.05, 3.63) is 74.7 Å². The molecule has 60 heavy (non-hydrogen) atoms. The van der Waals surface area contributed by atoms with E-state index in [2.05, 4.69) is 27.5 Å². The van der Waals surface area contributed by atoms with Crippen LogP contribution in [-0.4, -0.2) is 127 Å². The molecule has 1 unspecified atom stereocenters. The van der Waals surface area contributed by atoms with Crippen molar-refractivity contribution in [3.63, 3.8) is 0 Å². The van der Waals surface area contributed by atoms with Gasteiger partial charge in [0.05, 0.1) is 37.5 Å². The minimum absolute atomic E-state index is 0.00855. The third kappa shape index (κ3) is 7.73. The van der Waals surface area contributed by atoms with Gasteiger partial charge in [-0.05, 0) is 93.2 Å². The van der Waals surface area contributed by atoms with E-state index in [0.29, 0.717) is 42.8 Å². The Morgan fingerprint density at radius 2 is 1.58 bits per heavy atom. The molecule has 3 aromatic rings. The molecule has 4 aliphatic heterocycles. The highest BCUT2D eigenvalue weighted by Gasteiger charge is 2.45. The Morgan fingerprint density at radius 3 is 2.25 bits per heavy atom. The fourth-order valence-corrected chi connectivity index (χ4v) is 9.49. The van der Waals surface area contributed by atoms with Gasteiger partial charge in [-0.1, -0.05) is 0 Å². The summed E-state index contributed by atoms with van der Waals surface area (Å²) >= 11 is 0. The highest BCUT2D eigenvalue weighted by Crippen LogP contribution is 2.39. The van der Waals surface area contributed by atoms with E-state index in [1.165, 1.54) is 0 Å². The van der Waals surface area contributed by atoms with Crippen molar-refractivity contribution in [1.29, 1.82) is 0 Å². The first-order valence-electron chi connectivity index (χ1n) is 20.8. The molecule has 1 atom stereocenters. The van der Waals surface area contributed by atoms with Crippen LogP contribution in [0.5, 0.6) is 17.2 Å². The third-order valence-corrected chi connectivity index (χ3v) is 13.0. The largest absolute Gasteiger partial charge is 0.496 e. The molecule has 5 heterocycles. The van der Waals surface area contributed by atoms with Crippen molar-refractivity contribution in [3.8, 4) is 28.4 Å². The number of nitrogens with one attached hydrogen (secondary N) is 2. The number of ether oxygens (including phenoxy) is 3. The molecule has 1 aliphatic carbocycles. The fourth-order valence-electron chi connectivity index (χ4n) is 9.49. The molecule has 2 N–H and O–H groups in total. The zero-order valence-corrected chi connectivity index (χ0v) is 34.9. The molecule has 2 saturated heterocycles. The molecule has 6 amide bonds. The lowest BCUT2D eigenvalue weighted by Gasteiger charge is -2.43. The summed E-state index contributed by atoms with van der Waals surface area (Å²) in [6, 6.07) is 8.12. The van der Waals surface area contributed by atoms with Crippen LogP contribution >= 0.6 is 0 Å². The van der Waals surface area contributed by atoms with Crippen LogP contribution in [0.15, 0.2) is 41.3 Å². The molecule has 3 fully saturated rings. The van der Waals surface area contributed by atoms with Crippen LogP contribution in [0.25, 0.3) is 11.1 Å². The van der Waals surface area contributed by atoms with Crippen molar-refractivity contribution in [1.82, 2.24) is 34.8 Å². The molecule has 8 rings (SSSR count). The van der Waals surface area contributed by atoms with Crippen molar-refractivity contribution in [2.75, 3.05) is 54.5 Å². The number of benzene rings is 2. The van der Waals surface area contributed by atoms with Gasteiger partial charge >= 0.3 is 6.03 Å². The number of piperidine rings is 2. The second kappa shape index (κ2) is 16.7. The van der Waals surface area contributed by atoms with E-state index in [4.69, 9.17) is 14.2 Å². The first-order valence-corrected chi connectivity index (χ1v) is 20.8. The number of carbonyl (C=O) groups is 5. The number of aryl methyl sites for hydroxylation is 1. The molecular formula is C44H53N7O9. The molecule has 2 aromatic carbocycles. The smallest absolute Gasteiger partial charge is 0.317 e. The van der Waals surface area contributed by atoms with Gasteiger partial charge in [0.25, 0.3) is 17.4 Å². The number of carbonyl (C=O) groups excluding carboxylic acids is 5. The second-order valence-corrected chi connectivity index (χ2v) is 16.7. The van der Waals surface area contributed by atoms with Crippen LogP contribution in [-0.2, 0) is 36.1 Å². The maximum absolute atomic E-state index is 13.2. The lowest BCUT2D eigenvalue weighted by Crippen LogP contribution is -2.54. The standard InChI is InChI=1S/C44H53N7O9/c1-45-44(57)50-15-12-30-33(22-48(3)41(54)34(30)24-50)26-16-37(58-4)35(38(17-26)59-5)23-49-13-10-25(11-14-49)21-47(2)27-18-29(19-27)60-28-6-7-31-32(20-28)43(56)51(42(31)55)36-8-9-39(52)46-40(36)53/h6-7,16-17,20,22,25,27,29,36H,8-15,18-19,21,23-24H2,1-5H3,(H,45,57)(H,46,52,53). The lowest BCUT2D eigenvalue weighted by molar-refractivity contribution is -0.136. The minimum Gasteiger partial charge on any atom is -0.496 e. The van der Waals surface area contributed by atoms with Gasteiger partial charge in [0.1, 0.15) is 29.4 Å². The van der Waals surface area contributed by atoms with Crippen molar-refractivity contribution in [2.24, 2.45) is 13.0 Å². The van der Waals surface area contributed by atoms with Gasteiger partial charge in [0, 0.05) is 76.4 Å². The number of amides is 6. The summed E-state index contributed by atoms with van der Waals surface area (Å²) in [5, 5.41) is 4.89. The van der Waals surface area contributed by atoms with Gasteiger partial charge in [0.15, 0.2) is 0 Å². The molecule has 0 bridgehead atoms. The number of nitrogens with zero attached hydrogens (tertiary/aromatic N) is 5. The molecule has 0 radical (unpaired) electrons. The normalized spacial score (nSPS) is 22.0. The number of pyridine rings is 1. The Morgan fingerprint density at radius 1 is 0.883 bits per heavy atom. The summed E-state index contributed by atoms with van der Waals surface area (Å²) in [5.41, 5.74) is 4.73. The lowest BCUT2D eigenvalue weighted by atomic mass is 9.86. The van der Waals surface area contributed by atoms with Crippen molar-refractivity contribution < 1.29 is 38.2 Å². The van der Waals surface area contributed by atoms with Gasteiger partial charge in [0.2, 0.25) is 11.8 Å². The number of hydrogen-bond donors (Lipinski definition) is 2. The minimum atomic E-state index is -1.00. The summed E-state index contributed by atoms with van der Waals surface area (Å²) in [7, 11) is 8.85. The average molecular weight is 824 g/mol. The molecule has 0 spiro atoms. The van der Waals surface area contributed by atoms with Crippen molar-refractivity contribution >= 4 is 29.7 Å². The van der Waals surface area contributed by atoms with Crippen LogP contribution in [0.4, 0.5) is 4.79 Å². The van der Waals surface area contributed by atoms with E-state index in [1.54, 1.807) is 56.0 Å². The molecule has 16 nitrogen and oxygen atoms in total. The van der Waals surface area contributed by atoms with Crippen LogP contribution < -0.4 is 30.4 Å². The SMILES string of the molecule is CNC(=O)N1CCc2c(-c3cc(OC)c(CN4CCC(CN(C)C5CC(Oc6ccc7c(c6)C(=O)N(C6CCC(=O)NC6=O)C7=O)C5)CC4)c(OC)c3)cn(C)c(=O)c2C1. The van der Waals surface area contributed by atoms with Gasteiger partial charge in [-0.3, -0.25) is 39.1 Å². The van der Waals surface area contributed by atoms with E-state index in [-0.39, 0.29) is 48.2 Å². The third-order valence-electron chi connectivity index (χ3n) is 13.0. The Kier molecular flexibility index (Phi) is 11.4. The summed E-state index contributed by atoms with van der Waals surface area (Å²) < 4.78 is 19.8. The van der Waals surface area contributed by atoms with Crippen LogP contribution in [0, 0.1) is 5.92 Å². The van der Waals surface area contributed by atoms with E-state index < -0.39 is 29.7 Å². The predicted molar refractivity (Wildman–Crippen MR) is 220 cm³/mol. The zero-order valence-electron chi connectivity index (χ0n) is 34.9. The van der Waals surface area contributed by atoms with Gasteiger partial charge in [-0.25, -0.2) is 4.79 Å². The number of fused-ring (bicyclic) bond motifs is 2. The van der Waals surface area contributed by atoms with Crippen LogP contribution in [0.3, 0.4) is 0 Å². The van der Waals surface area contributed by atoms with Gasteiger partial charge < -0.3 is 33.9 Å². The highest BCUT2D eigenvalue weighted by molar-refractivity contribution is 6.23. The number of methoxy groups -OCH3 is 2. The van der Waals surface area contributed by atoms with E-state index >= 15 is 0 Å². The van der Waals surface area contributed by atoms with Crippen LogP contribution in [0.2, 0.25) is 0 Å². The number of imide groups is 2. The summed E-state index contributed by atoms with van der Waals surface area (Å²) in [6.07, 6.45) is 6.45. The number of urea groups is 1. The fraction of sp³-hybridized carbons (Fsp3) is 0.500. The Hall–Kier alpha value is -5.74. The molecule has 5 aliphatic rings. The highest BCUT2D eigenvalue weighted by atomic mass is 16.5. The number of hydrogen-bond acceptors (Lipinski definition) is 11. The zero-order chi connectivity index (χ0) is 42.4. The Balaban J connectivity index is 0.839. The summed E-state index contributed by atoms with van der Waals surface area (Å²) in [5.74, 6) is 0.419. The average Bonchev–Trinajstić information content (AvgIpc) is 3.48. The van der Waals surface area contributed by atoms with E-state index in [0.717, 1.165) is 84.0 Å².